The van der Waals surface area contributed by atoms with Gasteiger partial charge in [0.15, 0.2) is 23.0 Å². The molecule has 0 bridgehead atoms. The van der Waals surface area contributed by atoms with Gasteiger partial charge in [0, 0.05) is 18.2 Å². The first-order valence-electron chi connectivity index (χ1n) is 12.1. The van der Waals surface area contributed by atoms with Crippen LogP contribution in [-0.4, -0.2) is 53.5 Å². The second-order valence-corrected chi connectivity index (χ2v) is 9.07. The van der Waals surface area contributed by atoms with E-state index in [1.807, 2.05) is 18.2 Å². The zero-order valence-corrected chi connectivity index (χ0v) is 22.1. The smallest absolute Gasteiger partial charge is 0.203 e. The van der Waals surface area contributed by atoms with Crippen LogP contribution in [-0.2, 0) is 18.4 Å². The van der Waals surface area contributed by atoms with E-state index in [0.717, 1.165) is 55.5 Å². The van der Waals surface area contributed by atoms with E-state index in [2.05, 4.69) is 31.0 Å². The van der Waals surface area contributed by atoms with Gasteiger partial charge in [0.25, 0.3) is 0 Å². The van der Waals surface area contributed by atoms with E-state index in [1.165, 1.54) is 5.56 Å². The lowest BCUT2D eigenvalue weighted by Gasteiger charge is -2.36. The van der Waals surface area contributed by atoms with Gasteiger partial charge < -0.3 is 23.7 Å². The van der Waals surface area contributed by atoms with Crippen LogP contribution < -0.4 is 23.7 Å². The molecule has 1 heterocycles. The summed E-state index contributed by atoms with van der Waals surface area (Å²) in [6.07, 6.45) is 4.33. The molecule has 35 heavy (non-hydrogen) atoms. The van der Waals surface area contributed by atoms with Crippen LogP contribution >= 0.6 is 0 Å². The van der Waals surface area contributed by atoms with E-state index in [9.17, 15) is 5.26 Å². The summed E-state index contributed by atoms with van der Waals surface area (Å²) in [6.45, 7) is 2.85. The van der Waals surface area contributed by atoms with Gasteiger partial charge in [-0.25, -0.2) is 0 Å². The number of nitrogens with zero attached hydrogens (tertiary/aromatic N) is 2. The largest absolute Gasteiger partial charge is 0.493 e. The average Bonchev–Trinajstić information content (AvgIpc) is 2.90. The summed E-state index contributed by atoms with van der Waals surface area (Å²) in [5, 5.41) is 10.2. The Labute approximate surface area is 209 Å². The number of ether oxygens (including phenoxy) is 5. The summed E-state index contributed by atoms with van der Waals surface area (Å²) < 4.78 is 27.7. The summed E-state index contributed by atoms with van der Waals surface area (Å²) in [5.41, 5.74) is 2.78. The van der Waals surface area contributed by atoms with Crippen molar-refractivity contribution < 1.29 is 23.7 Å². The molecule has 0 spiro atoms. The number of benzene rings is 2. The summed E-state index contributed by atoms with van der Waals surface area (Å²) >= 11 is 0. The van der Waals surface area contributed by atoms with Crippen molar-refractivity contribution in [2.45, 2.75) is 57.0 Å². The maximum absolute atomic E-state index is 10.2. The van der Waals surface area contributed by atoms with Crippen molar-refractivity contribution >= 4 is 0 Å². The number of hydrogen-bond acceptors (Lipinski definition) is 7. The fourth-order valence-corrected chi connectivity index (χ4v) is 5.23. The maximum Gasteiger partial charge on any atom is 0.203 e. The Kier molecular flexibility index (Phi) is 8.74. The predicted molar refractivity (Wildman–Crippen MR) is 136 cm³/mol. The molecule has 0 aromatic heterocycles. The Morgan fingerprint density at radius 2 is 1.63 bits per heavy atom. The first-order chi connectivity index (χ1) is 16.9. The first kappa shape index (κ1) is 26.5. The molecule has 1 aliphatic heterocycles. The number of methoxy groups -OCH3 is 5. The number of nitriles is 1. The average molecular weight is 483 g/mol. The second-order valence-electron chi connectivity index (χ2n) is 9.07. The minimum Gasteiger partial charge on any atom is -0.493 e. The minimum absolute atomic E-state index is 0.365. The monoisotopic (exact) mass is 482 g/mol. The zero-order chi connectivity index (χ0) is 25.6. The number of fused-ring (bicyclic) bond motifs is 1. The molecule has 2 aromatic rings. The van der Waals surface area contributed by atoms with Crippen LogP contribution in [0.4, 0.5) is 0 Å². The quantitative estimate of drug-likeness (QED) is 0.440. The van der Waals surface area contributed by atoms with Gasteiger partial charge in [-0.15, -0.1) is 0 Å². The Hall–Kier alpha value is -3.11. The fraction of sp³-hybridized carbons (Fsp3) is 0.536. The SMILES string of the molecule is CCC(C#N)(CCCC1Cc2cc(OC)c(OC)c(OC)c2CN1C)c1ccc(OC)c(OC)c1. The van der Waals surface area contributed by atoms with E-state index >= 15 is 0 Å². The lowest BCUT2D eigenvalue weighted by atomic mass is 9.75. The van der Waals surface area contributed by atoms with Crippen molar-refractivity contribution in [3.63, 3.8) is 0 Å². The summed E-state index contributed by atoms with van der Waals surface area (Å²) in [4.78, 5) is 2.37. The van der Waals surface area contributed by atoms with Crippen LogP contribution in [0.1, 0.15) is 49.3 Å². The van der Waals surface area contributed by atoms with Crippen molar-refractivity contribution in [3.05, 3.63) is 41.0 Å². The predicted octanol–water partition coefficient (Wildman–Crippen LogP) is 5.13. The van der Waals surface area contributed by atoms with Gasteiger partial charge in [-0.3, -0.25) is 4.90 Å². The van der Waals surface area contributed by atoms with Crippen LogP contribution in [0.15, 0.2) is 24.3 Å². The molecule has 2 unspecified atom stereocenters. The highest BCUT2D eigenvalue weighted by Gasteiger charge is 2.33. The molecular weight excluding hydrogens is 444 g/mol. The van der Waals surface area contributed by atoms with E-state index < -0.39 is 5.41 Å². The van der Waals surface area contributed by atoms with Gasteiger partial charge in [0.05, 0.1) is 47.0 Å². The van der Waals surface area contributed by atoms with Crippen LogP contribution in [0.2, 0.25) is 0 Å². The molecule has 0 aliphatic carbocycles. The van der Waals surface area contributed by atoms with Crippen molar-refractivity contribution in [2.24, 2.45) is 0 Å². The molecule has 7 heteroatoms. The third-order valence-corrected chi connectivity index (χ3v) is 7.41. The highest BCUT2D eigenvalue weighted by Crippen LogP contribution is 2.45. The van der Waals surface area contributed by atoms with Gasteiger partial charge in [0.2, 0.25) is 5.75 Å². The molecule has 0 radical (unpaired) electrons. The topological polar surface area (TPSA) is 73.2 Å². The highest BCUT2D eigenvalue weighted by molar-refractivity contribution is 5.60. The lowest BCUT2D eigenvalue weighted by molar-refractivity contribution is 0.193. The fourth-order valence-electron chi connectivity index (χ4n) is 5.23. The molecule has 1 aliphatic rings. The molecule has 0 amide bonds. The van der Waals surface area contributed by atoms with Crippen molar-refractivity contribution in [2.75, 3.05) is 42.6 Å². The van der Waals surface area contributed by atoms with Crippen LogP contribution in [0.5, 0.6) is 28.7 Å². The molecule has 0 saturated carbocycles. The van der Waals surface area contributed by atoms with Crippen molar-refractivity contribution in [3.8, 4) is 34.8 Å². The van der Waals surface area contributed by atoms with Crippen molar-refractivity contribution in [1.29, 1.82) is 5.26 Å². The Morgan fingerprint density at radius 3 is 2.20 bits per heavy atom. The molecule has 2 atom stereocenters. The van der Waals surface area contributed by atoms with E-state index in [0.29, 0.717) is 29.0 Å². The molecule has 0 N–H and O–H groups in total. The van der Waals surface area contributed by atoms with Crippen LogP contribution in [0.3, 0.4) is 0 Å². The van der Waals surface area contributed by atoms with Gasteiger partial charge in [-0.05, 0) is 68.5 Å². The minimum atomic E-state index is -0.565. The lowest BCUT2D eigenvalue weighted by Crippen LogP contribution is -2.38. The third-order valence-electron chi connectivity index (χ3n) is 7.41. The molecule has 3 rings (SSSR count). The second kappa shape index (κ2) is 11.5. The molecule has 190 valence electrons. The molecular formula is C28H38N2O5. The number of rotatable bonds is 11. The van der Waals surface area contributed by atoms with E-state index in [-0.39, 0.29) is 0 Å². The van der Waals surface area contributed by atoms with E-state index in [4.69, 9.17) is 23.7 Å². The standard InChI is InChI=1S/C28H38N2O5/c1-8-28(18-29,20-11-12-23(31-3)24(16-20)32-4)13-9-10-21-14-19-15-25(33-5)27(35-7)26(34-6)22(19)17-30(21)2/h11-12,15-16,21H,8-10,13-14,17H2,1-7H3. The third kappa shape index (κ3) is 5.13. The highest BCUT2D eigenvalue weighted by atomic mass is 16.5. The molecule has 7 nitrogen and oxygen atoms in total. The first-order valence-corrected chi connectivity index (χ1v) is 12.1. The van der Waals surface area contributed by atoms with Crippen LogP contribution in [0, 0.1) is 11.3 Å². The van der Waals surface area contributed by atoms with Crippen molar-refractivity contribution in [1.82, 2.24) is 4.90 Å². The number of likely N-dealkylation sites (N-methyl/N-ethyl adjacent to an activating group) is 1. The Morgan fingerprint density at radius 1 is 0.943 bits per heavy atom. The molecule has 0 fully saturated rings. The maximum atomic E-state index is 10.2. The Bertz CT molecular complexity index is 1060. The summed E-state index contributed by atoms with van der Waals surface area (Å²) in [5.74, 6) is 3.39. The normalized spacial score (nSPS) is 17.0. The Balaban J connectivity index is 1.78. The molecule has 2 aromatic carbocycles. The van der Waals surface area contributed by atoms with Crippen LogP contribution in [0.25, 0.3) is 0 Å². The number of hydrogen-bond donors (Lipinski definition) is 0. The zero-order valence-electron chi connectivity index (χ0n) is 22.1. The molecule has 0 saturated heterocycles. The van der Waals surface area contributed by atoms with Gasteiger partial charge >= 0.3 is 0 Å². The van der Waals surface area contributed by atoms with E-state index in [1.54, 1.807) is 35.5 Å². The summed E-state index contributed by atoms with van der Waals surface area (Å²) in [6, 6.07) is 10.9. The van der Waals surface area contributed by atoms with Gasteiger partial charge in [-0.1, -0.05) is 13.0 Å². The van der Waals surface area contributed by atoms with Gasteiger partial charge in [0.1, 0.15) is 0 Å². The van der Waals surface area contributed by atoms with Gasteiger partial charge in [-0.2, -0.15) is 5.26 Å². The summed E-state index contributed by atoms with van der Waals surface area (Å²) in [7, 11) is 10.3.